The first-order valence-corrected chi connectivity index (χ1v) is 6.59. The van der Waals surface area contributed by atoms with Crippen molar-refractivity contribution in [1.82, 2.24) is 9.88 Å². The van der Waals surface area contributed by atoms with Gasteiger partial charge >= 0.3 is 0 Å². The van der Waals surface area contributed by atoms with E-state index in [1.165, 1.54) is 0 Å². The van der Waals surface area contributed by atoms with E-state index in [9.17, 15) is 4.79 Å². The van der Waals surface area contributed by atoms with Gasteiger partial charge in [-0.2, -0.15) is 0 Å². The molecule has 0 bridgehead atoms. The average molecular weight is 264 g/mol. The summed E-state index contributed by atoms with van der Waals surface area (Å²) in [6, 6.07) is 3.52. The smallest absolute Gasteiger partial charge is 0.254 e. The van der Waals surface area contributed by atoms with E-state index in [0.29, 0.717) is 24.5 Å². The van der Waals surface area contributed by atoms with Gasteiger partial charge in [0.15, 0.2) is 0 Å². The number of anilines is 1. The predicted octanol–water partition coefficient (Wildman–Crippen LogP) is 0.792. The van der Waals surface area contributed by atoms with E-state index in [1.54, 1.807) is 6.07 Å². The van der Waals surface area contributed by atoms with Gasteiger partial charge in [0.05, 0.1) is 6.61 Å². The Bertz CT molecular complexity index is 420. The van der Waals surface area contributed by atoms with Crippen LogP contribution in [0.15, 0.2) is 12.1 Å². The minimum Gasteiger partial charge on any atom is -0.380 e. The topological polar surface area (TPSA) is 80.5 Å². The van der Waals surface area contributed by atoms with Crippen LogP contribution in [0.2, 0.25) is 0 Å². The number of ether oxygens (including phenoxy) is 1. The van der Waals surface area contributed by atoms with E-state index in [0.717, 1.165) is 31.7 Å². The molecule has 0 saturated carbocycles. The zero-order valence-electron chi connectivity index (χ0n) is 11.2. The molecule has 0 spiro atoms. The second kappa shape index (κ2) is 6.49. The first-order chi connectivity index (χ1) is 9.24. The highest BCUT2D eigenvalue weighted by atomic mass is 16.5. The molecule has 1 saturated heterocycles. The zero-order valence-corrected chi connectivity index (χ0v) is 11.2. The number of nitrogens with two attached hydrogens (primary N) is 1. The van der Waals surface area contributed by atoms with Gasteiger partial charge in [0.1, 0.15) is 5.82 Å². The highest BCUT2D eigenvalue weighted by Gasteiger charge is 2.18. The Morgan fingerprint density at radius 3 is 3.05 bits per heavy atom. The van der Waals surface area contributed by atoms with Crippen molar-refractivity contribution in [3.8, 4) is 0 Å². The van der Waals surface area contributed by atoms with Crippen molar-refractivity contribution < 1.29 is 9.53 Å². The fraction of sp³-hybridized carbons (Fsp3) is 0.538. The van der Waals surface area contributed by atoms with Gasteiger partial charge < -0.3 is 15.1 Å². The minimum atomic E-state index is 0.0131. The molecule has 1 aliphatic rings. The van der Waals surface area contributed by atoms with Crippen molar-refractivity contribution in [1.29, 1.82) is 0 Å². The normalized spacial score (nSPS) is 16.0. The fourth-order valence-electron chi connectivity index (χ4n) is 2.10. The lowest BCUT2D eigenvalue weighted by Gasteiger charge is -2.20. The molecule has 2 rings (SSSR count). The quantitative estimate of drug-likeness (QED) is 0.623. The van der Waals surface area contributed by atoms with Crippen molar-refractivity contribution in [3.05, 3.63) is 23.4 Å². The number of carbonyl (C=O) groups excluding carboxylic acids is 1. The molecule has 104 valence electrons. The maximum atomic E-state index is 12.5. The lowest BCUT2D eigenvalue weighted by molar-refractivity contribution is 0.0741. The Labute approximate surface area is 112 Å². The van der Waals surface area contributed by atoms with Crippen molar-refractivity contribution in [3.63, 3.8) is 0 Å². The first kappa shape index (κ1) is 13.8. The molecular formula is C13H20N4O2. The lowest BCUT2D eigenvalue weighted by Crippen LogP contribution is -2.33. The summed E-state index contributed by atoms with van der Waals surface area (Å²) in [6.45, 7) is 4.67. The number of hydrazine groups is 1. The van der Waals surface area contributed by atoms with Crippen LogP contribution in [0, 0.1) is 0 Å². The molecule has 0 aromatic carbocycles. The Morgan fingerprint density at radius 2 is 2.32 bits per heavy atom. The number of pyridine rings is 1. The van der Waals surface area contributed by atoms with Crippen LogP contribution in [-0.2, 0) is 11.2 Å². The third kappa shape index (κ3) is 3.42. The molecule has 1 amide bonds. The molecule has 19 heavy (non-hydrogen) atoms. The summed E-state index contributed by atoms with van der Waals surface area (Å²) in [5, 5.41) is 0. The van der Waals surface area contributed by atoms with E-state index < -0.39 is 0 Å². The second-order valence-corrected chi connectivity index (χ2v) is 4.49. The zero-order chi connectivity index (χ0) is 13.7. The number of aryl methyl sites for hydroxylation is 1. The van der Waals surface area contributed by atoms with Gasteiger partial charge in [0.25, 0.3) is 5.91 Å². The van der Waals surface area contributed by atoms with Crippen molar-refractivity contribution in [2.75, 3.05) is 31.7 Å². The number of amides is 1. The van der Waals surface area contributed by atoms with Crippen LogP contribution in [0.25, 0.3) is 0 Å². The Hall–Kier alpha value is -1.66. The molecule has 6 heteroatoms. The van der Waals surface area contributed by atoms with Crippen LogP contribution in [-0.4, -0.2) is 42.1 Å². The number of aromatic nitrogens is 1. The standard InChI is InChI=1S/C13H20N4O2/c1-2-11-8-10(9-12(15-11)16-14)13(18)17-4-3-6-19-7-5-17/h8-9H,2-7,14H2,1H3,(H,15,16). The summed E-state index contributed by atoms with van der Waals surface area (Å²) >= 11 is 0. The van der Waals surface area contributed by atoms with E-state index in [2.05, 4.69) is 10.4 Å². The number of hydrogen-bond donors (Lipinski definition) is 2. The van der Waals surface area contributed by atoms with Crippen LogP contribution in [0.5, 0.6) is 0 Å². The summed E-state index contributed by atoms with van der Waals surface area (Å²) < 4.78 is 5.36. The summed E-state index contributed by atoms with van der Waals surface area (Å²) in [6.07, 6.45) is 1.64. The van der Waals surface area contributed by atoms with Crippen LogP contribution in [0.4, 0.5) is 5.82 Å². The van der Waals surface area contributed by atoms with Crippen molar-refractivity contribution in [2.24, 2.45) is 5.84 Å². The highest BCUT2D eigenvalue weighted by Crippen LogP contribution is 2.14. The number of carbonyl (C=O) groups is 1. The van der Waals surface area contributed by atoms with Gasteiger partial charge in [0.2, 0.25) is 0 Å². The monoisotopic (exact) mass is 264 g/mol. The molecule has 6 nitrogen and oxygen atoms in total. The largest absolute Gasteiger partial charge is 0.380 e. The Kier molecular flexibility index (Phi) is 4.70. The summed E-state index contributed by atoms with van der Waals surface area (Å²) in [5.74, 6) is 5.92. The van der Waals surface area contributed by atoms with Crippen LogP contribution in [0.1, 0.15) is 29.4 Å². The molecule has 1 fully saturated rings. The average Bonchev–Trinajstić information content (AvgIpc) is 2.74. The van der Waals surface area contributed by atoms with Gasteiger partial charge in [-0.3, -0.25) is 4.79 Å². The van der Waals surface area contributed by atoms with Crippen molar-refractivity contribution >= 4 is 11.7 Å². The van der Waals surface area contributed by atoms with E-state index in [-0.39, 0.29) is 5.91 Å². The fourth-order valence-corrected chi connectivity index (χ4v) is 2.10. The highest BCUT2D eigenvalue weighted by molar-refractivity contribution is 5.95. The molecule has 1 aromatic rings. The third-order valence-electron chi connectivity index (χ3n) is 3.14. The predicted molar refractivity (Wildman–Crippen MR) is 72.8 cm³/mol. The van der Waals surface area contributed by atoms with E-state index >= 15 is 0 Å². The Balaban J connectivity index is 2.21. The van der Waals surface area contributed by atoms with Crippen molar-refractivity contribution in [2.45, 2.75) is 19.8 Å². The van der Waals surface area contributed by atoms with Gasteiger partial charge in [-0.05, 0) is 25.0 Å². The number of nitrogens with zero attached hydrogens (tertiary/aromatic N) is 2. The van der Waals surface area contributed by atoms with Crippen LogP contribution in [0.3, 0.4) is 0 Å². The van der Waals surface area contributed by atoms with Crippen LogP contribution < -0.4 is 11.3 Å². The summed E-state index contributed by atoms with van der Waals surface area (Å²) in [5.41, 5.74) is 3.98. The molecule has 1 aliphatic heterocycles. The Morgan fingerprint density at radius 1 is 1.47 bits per heavy atom. The molecule has 3 N–H and O–H groups in total. The molecular weight excluding hydrogens is 244 g/mol. The maximum absolute atomic E-state index is 12.5. The van der Waals surface area contributed by atoms with E-state index in [1.807, 2.05) is 17.9 Å². The van der Waals surface area contributed by atoms with Gasteiger partial charge in [-0.15, -0.1) is 0 Å². The third-order valence-corrected chi connectivity index (χ3v) is 3.14. The van der Waals surface area contributed by atoms with Gasteiger partial charge in [0, 0.05) is 31.0 Å². The number of nitrogens with one attached hydrogen (secondary N) is 1. The number of nitrogen functional groups attached to an aromatic ring is 1. The number of hydrogen-bond acceptors (Lipinski definition) is 5. The first-order valence-electron chi connectivity index (χ1n) is 6.59. The SMILES string of the molecule is CCc1cc(C(=O)N2CCCOCC2)cc(NN)n1. The molecule has 0 radical (unpaired) electrons. The molecule has 1 aromatic heterocycles. The minimum absolute atomic E-state index is 0.0131. The lowest BCUT2D eigenvalue weighted by atomic mass is 10.1. The van der Waals surface area contributed by atoms with Gasteiger partial charge in [-0.25, -0.2) is 10.8 Å². The number of rotatable bonds is 3. The molecule has 2 heterocycles. The molecule has 0 unspecified atom stereocenters. The van der Waals surface area contributed by atoms with E-state index in [4.69, 9.17) is 10.6 Å². The summed E-state index contributed by atoms with van der Waals surface area (Å²) in [7, 11) is 0. The summed E-state index contributed by atoms with van der Waals surface area (Å²) in [4.78, 5) is 18.6. The molecule has 0 atom stereocenters. The molecule has 0 aliphatic carbocycles. The maximum Gasteiger partial charge on any atom is 0.254 e. The second-order valence-electron chi connectivity index (χ2n) is 4.49. The van der Waals surface area contributed by atoms with Gasteiger partial charge in [-0.1, -0.05) is 6.92 Å². The van der Waals surface area contributed by atoms with Crippen LogP contribution >= 0.6 is 0 Å².